The van der Waals surface area contributed by atoms with Gasteiger partial charge in [0.15, 0.2) is 0 Å². The summed E-state index contributed by atoms with van der Waals surface area (Å²) < 4.78 is 2.08. The van der Waals surface area contributed by atoms with E-state index in [-0.39, 0.29) is 0 Å². The molecule has 0 spiro atoms. The van der Waals surface area contributed by atoms with Gasteiger partial charge in [0, 0.05) is 6.54 Å². The Hall–Kier alpha value is -0.900. The van der Waals surface area contributed by atoms with Crippen LogP contribution in [-0.2, 0) is 6.54 Å². The zero-order valence-electron chi connectivity index (χ0n) is 11.9. The molecule has 0 saturated heterocycles. The maximum Gasteiger partial charge on any atom is 0.0759 e. The minimum absolute atomic E-state index is 0.416. The Morgan fingerprint density at radius 2 is 2.17 bits per heavy atom. The van der Waals surface area contributed by atoms with Gasteiger partial charge >= 0.3 is 0 Å². The number of nitrogens with zero attached hydrogens (tertiary/aromatic N) is 3. The Labute approximate surface area is 110 Å². The van der Waals surface area contributed by atoms with E-state index in [0.717, 1.165) is 25.4 Å². The Balaban J connectivity index is 2.12. The van der Waals surface area contributed by atoms with E-state index in [2.05, 4.69) is 41.1 Å². The van der Waals surface area contributed by atoms with Crippen LogP contribution in [0.4, 0.5) is 0 Å². The molecular weight excluding hydrogens is 224 g/mol. The van der Waals surface area contributed by atoms with Crippen LogP contribution < -0.4 is 5.32 Å². The molecular formula is C14H26N4. The third-order valence-electron chi connectivity index (χ3n) is 3.91. The minimum atomic E-state index is 0.416. The van der Waals surface area contributed by atoms with Crippen molar-refractivity contribution in [1.82, 2.24) is 20.3 Å². The summed E-state index contributed by atoms with van der Waals surface area (Å²) in [5.74, 6) is 1.58. The molecule has 4 nitrogen and oxygen atoms in total. The molecule has 0 aliphatic heterocycles. The van der Waals surface area contributed by atoms with Crippen LogP contribution >= 0.6 is 0 Å². The van der Waals surface area contributed by atoms with Gasteiger partial charge in [-0.05, 0) is 44.1 Å². The molecule has 1 saturated carbocycles. The van der Waals surface area contributed by atoms with E-state index in [1.165, 1.54) is 25.0 Å². The highest BCUT2D eigenvalue weighted by Gasteiger charge is 2.35. The second-order valence-corrected chi connectivity index (χ2v) is 5.51. The molecule has 1 N–H and O–H groups in total. The fraction of sp³-hybridized carbons (Fsp3) is 0.857. The second-order valence-electron chi connectivity index (χ2n) is 5.51. The lowest BCUT2D eigenvalue weighted by Gasteiger charge is -2.25. The number of rotatable bonds is 8. The van der Waals surface area contributed by atoms with Gasteiger partial charge in [-0.25, -0.2) is 4.68 Å². The third kappa shape index (κ3) is 3.10. The fourth-order valence-electron chi connectivity index (χ4n) is 2.65. The topological polar surface area (TPSA) is 42.7 Å². The van der Waals surface area contributed by atoms with E-state index in [4.69, 9.17) is 0 Å². The summed E-state index contributed by atoms with van der Waals surface area (Å²) >= 11 is 0. The molecule has 1 fully saturated rings. The van der Waals surface area contributed by atoms with Crippen LogP contribution in [0, 0.1) is 11.8 Å². The normalized spacial score (nSPS) is 18.8. The quantitative estimate of drug-likeness (QED) is 0.771. The summed E-state index contributed by atoms with van der Waals surface area (Å²) in [6.45, 7) is 8.81. The van der Waals surface area contributed by atoms with Gasteiger partial charge in [0.05, 0.1) is 17.9 Å². The number of aromatic nitrogens is 3. The molecule has 2 rings (SSSR count). The molecule has 4 heteroatoms. The first kappa shape index (κ1) is 13.5. The molecule has 1 heterocycles. The average Bonchev–Trinajstić information content (AvgIpc) is 3.13. The van der Waals surface area contributed by atoms with Gasteiger partial charge in [-0.2, -0.15) is 0 Å². The summed E-state index contributed by atoms with van der Waals surface area (Å²) in [6.07, 6.45) is 7.00. The van der Waals surface area contributed by atoms with Crippen LogP contribution in [0.2, 0.25) is 0 Å². The summed E-state index contributed by atoms with van der Waals surface area (Å²) in [4.78, 5) is 0. The van der Waals surface area contributed by atoms with Crippen molar-refractivity contribution in [2.24, 2.45) is 11.8 Å². The van der Waals surface area contributed by atoms with Crippen LogP contribution in [-0.4, -0.2) is 21.5 Å². The lowest BCUT2D eigenvalue weighted by molar-refractivity contribution is 0.328. The fourth-order valence-corrected chi connectivity index (χ4v) is 2.65. The number of hydrogen-bond acceptors (Lipinski definition) is 3. The monoisotopic (exact) mass is 250 g/mol. The van der Waals surface area contributed by atoms with Gasteiger partial charge in [-0.1, -0.05) is 26.0 Å². The van der Waals surface area contributed by atoms with Crippen molar-refractivity contribution < 1.29 is 0 Å². The molecule has 0 radical (unpaired) electrons. The Morgan fingerprint density at radius 3 is 2.78 bits per heavy atom. The van der Waals surface area contributed by atoms with E-state index >= 15 is 0 Å². The third-order valence-corrected chi connectivity index (χ3v) is 3.91. The molecule has 0 bridgehead atoms. The minimum Gasteiger partial charge on any atom is -0.308 e. The SMILES string of the molecule is CCCNC(c1cnnn1CCC)C(C)C1CC1. The van der Waals surface area contributed by atoms with Crippen molar-refractivity contribution >= 4 is 0 Å². The highest BCUT2D eigenvalue weighted by atomic mass is 15.4. The first-order valence-corrected chi connectivity index (χ1v) is 7.39. The van der Waals surface area contributed by atoms with Crippen molar-refractivity contribution in [3.05, 3.63) is 11.9 Å². The van der Waals surface area contributed by atoms with Gasteiger partial charge in [0.1, 0.15) is 0 Å². The van der Waals surface area contributed by atoms with Crippen molar-refractivity contribution in [3.8, 4) is 0 Å². The Kier molecular flexibility index (Phi) is 4.75. The molecule has 0 amide bonds. The lowest BCUT2D eigenvalue weighted by Crippen LogP contribution is -2.31. The van der Waals surface area contributed by atoms with Gasteiger partial charge < -0.3 is 5.32 Å². The van der Waals surface area contributed by atoms with Crippen LogP contribution in [0.1, 0.15) is 58.2 Å². The predicted molar refractivity (Wildman–Crippen MR) is 73.2 cm³/mol. The van der Waals surface area contributed by atoms with Crippen LogP contribution in [0.15, 0.2) is 6.20 Å². The lowest BCUT2D eigenvalue weighted by atomic mass is 9.94. The van der Waals surface area contributed by atoms with E-state index < -0.39 is 0 Å². The van der Waals surface area contributed by atoms with Crippen molar-refractivity contribution in [2.45, 2.75) is 59.0 Å². The second kappa shape index (κ2) is 6.32. The Bertz CT molecular complexity index is 356. The molecule has 102 valence electrons. The molecule has 2 unspecified atom stereocenters. The summed E-state index contributed by atoms with van der Waals surface area (Å²) in [7, 11) is 0. The molecule has 1 aromatic heterocycles. The molecule has 2 atom stereocenters. The summed E-state index contributed by atoms with van der Waals surface area (Å²) in [5, 5.41) is 12.0. The average molecular weight is 250 g/mol. The predicted octanol–water partition coefficient (Wildman–Crippen LogP) is 2.77. The van der Waals surface area contributed by atoms with Gasteiger partial charge in [0.25, 0.3) is 0 Å². The van der Waals surface area contributed by atoms with Gasteiger partial charge in [-0.3, -0.25) is 0 Å². The van der Waals surface area contributed by atoms with Crippen molar-refractivity contribution in [2.75, 3.05) is 6.54 Å². The first-order valence-electron chi connectivity index (χ1n) is 7.39. The van der Waals surface area contributed by atoms with Crippen LogP contribution in [0.25, 0.3) is 0 Å². The largest absolute Gasteiger partial charge is 0.308 e. The maximum atomic E-state index is 4.22. The molecule has 18 heavy (non-hydrogen) atoms. The molecule has 1 aromatic rings. The van der Waals surface area contributed by atoms with Crippen molar-refractivity contribution in [3.63, 3.8) is 0 Å². The highest BCUT2D eigenvalue weighted by molar-refractivity contribution is 5.06. The Morgan fingerprint density at radius 1 is 1.39 bits per heavy atom. The standard InChI is InChI=1S/C14H26N4/c1-4-8-15-14(11(3)12-6-7-12)13-10-16-17-18(13)9-5-2/h10-12,14-15H,4-9H2,1-3H3. The molecule has 1 aliphatic carbocycles. The summed E-state index contributed by atoms with van der Waals surface area (Å²) in [6, 6.07) is 0.416. The highest BCUT2D eigenvalue weighted by Crippen LogP contribution is 2.42. The van der Waals surface area contributed by atoms with Crippen LogP contribution in [0.3, 0.4) is 0 Å². The van der Waals surface area contributed by atoms with E-state index in [9.17, 15) is 0 Å². The van der Waals surface area contributed by atoms with E-state index in [1.54, 1.807) is 0 Å². The van der Waals surface area contributed by atoms with Crippen LogP contribution in [0.5, 0.6) is 0 Å². The van der Waals surface area contributed by atoms with Gasteiger partial charge in [-0.15, -0.1) is 5.10 Å². The van der Waals surface area contributed by atoms with E-state index in [1.807, 2.05) is 6.20 Å². The maximum absolute atomic E-state index is 4.22. The van der Waals surface area contributed by atoms with Gasteiger partial charge in [0.2, 0.25) is 0 Å². The zero-order chi connectivity index (χ0) is 13.0. The smallest absolute Gasteiger partial charge is 0.0759 e. The number of aryl methyl sites for hydroxylation is 1. The van der Waals surface area contributed by atoms with E-state index in [0.29, 0.717) is 12.0 Å². The zero-order valence-corrected chi connectivity index (χ0v) is 11.9. The molecule has 0 aromatic carbocycles. The first-order chi connectivity index (χ1) is 8.77. The summed E-state index contributed by atoms with van der Waals surface area (Å²) in [5.41, 5.74) is 1.27. The van der Waals surface area contributed by atoms with Crippen molar-refractivity contribution in [1.29, 1.82) is 0 Å². The number of hydrogen-bond donors (Lipinski definition) is 1. The number of nitrogens with one attached hydrogen (secondary N) is 1. The molecule has 1 aliphatic rings.